The number of amides is 4. The summed E-state index contributed by atoms with van der Waals surface area (Å²) in [6.45, 7) is 17.9. The van der Waals surface area contributed by atoms with Gasteiger partial charge in [0.2, 0.25) is 24.6 Å². The van der Waals surface area contributed by atoms with Gasteiger partial charge >= 0.3 is 0 Å². The third-order valence-corrected chi connectivity index (χ3v) is 7.85. The number of anilines is 1. The van der Waals surface area contributed by atoms with Gasteiger partial charge in [-0.05, 0) is 122 Å². The predicted octanol–water partition coefficient (Wildman–Crippen LogP) is 4.35. The van der Waals surface area contributed by atoms with Crippen molar-refractivity contribution in [1.82, 2.24) is 21.3 Å². The fourth-order valence-electron chi connectivity index (χ4n) is 4.65. The standard InChI is InChI=1S/C15H21FN2O2.C9H10O.C9H12O.C7H15N3O2.C3H7NO.C3H6O2.C2H4O.2CH4O/c1-11-9-13(16)6-7-14(11)17-10-15(20)18-12(2)5-3-4-8-19;1-7-4-3-5-8(2)9(7)6-10;1-2-10-8-9-6-4-3-5-7-9;1-6(2-3-8)10-7(12)4-9-5-11;1-2-4-3-5;1-5-3-2-4;1-2-3;2*1-2/h6-9,12,17H,3-5,10H2,1-2H3,(H,18,20);3-6H,1-2H3;3-7H,2,8H2,1H3;5-6H,2-4,8H2,1H3,(H,9,11)(H,10,12);3H,2H2,1H3,(H,4,5);2H,3H2,1H3;2H,1H3;2*2H,1H3. The molecule has 18 nitrogen and oxygen atoms in total. The molecule has 0 saturated carbocycles. The second-order valence-electron chi connectivity index (χ2n) is 13.5. The van der Waals surface area contributed by atoms with Crippen molar-refractivity contribution in [3.63, 3.8) is 0 Å². The maximum atomic E-state index is 12.9. The van der Waals surface area contributed by atoms with E-state index >= 15 is 0 Å². The fraction of sp³-hybridized carbons (Fsp3) is 0.480. The number of hydrogen-bond acceptors (Lipinski definition) is 14. The summed E-state index contributed by atoms with van der Waals surface area (Å²) < 4.78 is 22.5. The Morgan fingerprint density at radius 2 is 1.28 bits per heavy atom. The van der Waals surface area contributed by atoms with E-state index in [0.29, 0.717) is 32.1 Å². The minimum absolute atomic E-state index is 0.0262. The minimum atomic E-state index is -0.290. The SMILES string of the molecule is CC(CCN)NC(=O)CNC=O.CC=O.CCNC=O.CCOCc1ccccc1.CO.CO.COCC=O.Cc1cc(F)ccc1NCC(=O)NC(C)CCCC=O.Cc1cccc(C)c1C=O. The summed E-state index contributed by atoms with van der Waals surface area (Å²) in [7, 11) is 3.48. The van der Waals surface area contributed by atoms with Gasteiger partial charge in [-0.1, -0.05) is 48.5 Å². The van der Waals surface area contributed by atoms with Gasteiger partial charge in [0.1, 0.15) is 31.3 Å². The van der Waals surface area contributed by atoms with Crippen LogP contribution in [0.1, 0.15) is 92.9 Å². The van der Waals surface area contributed by atoms with Gasteiger partial charge in [-0.2, -0.15) is 0 Å². The van der Waals surface area contributed by atoms with Gasteiger partial charge in [0, 0.05) is 64.2 Å². The van der Waals surface area contributed by atoms with Gasteiger partial charge in [-0.3, -0.25) is 24.0 Å². The lowest BCUT2D eigenvalue weighted by Gasteiger charge is -2.14. The first-order valence-electron chi connectivity index (χ1n) is 22.1. The molecule has 2 unspecified atom stereocenters. The Labute approximate surface area is 410 Å². The summed E-state index contributed by atoms with van der Waals surface area (Å²) in [4.78, 5) is 80.5. The molecule has 3 aromatic carbocycles. The number of halogens is 1. The van der Waals surface area contributed by atoms with Crippen molar-refractivity contribution in [2.75, 3.05) is 66.0 Å². The first-order chi connectivity index (χ1) is 33.2. The van der Waals surface area contributed by atoms with Crippen molar-refractivity contribution in [3.05, 3.63) is 100 Å². The van der Waals surface area contributed by atoms with E-state index in [1.54, 1.807) is 13.0 Å². The highest BCUT2D eigenvalue weighted by molar-refractivity contribution is 5.81. The van der Waals surface area contributed by atoms with Crippen LogP contribution in [0.15, 0.2) is 66.7 Å². The van der Waals surface area contributed by atoms with Crippen molar-refractivity contribution < 1.29 is 62.4 Å². The van der Waals surface area contributed by atoms with Gasteiger partial charge in [0.25, 0.3) is 0 Å². The molecule has 69 heavy (non-hydrogen) atoms. The molecular weight excluding hydrogens is 896 g/mol. The Morgan fingerprint density at radius 3 is 1.67 bits per heavy atom. The summed E-state index contributed by atoms with van der Waals surface area (Å²) >= 11 is 0. The highest BCUT2D eigenvalue weighted by Gasteiger charge is 2.08. The summed E-state index contributed by atoms with van der Waals surface area (Å²) in [6.07, 6.45) is 7.24. The number of carbonyl (C=O) groups is 8. The molecule has 392 valence electrons. The van der Waals surface area contributed by atoms with Crippen LogP contribution in [-0.2, 0) is 49.6 Å². The van der Waals surface area contributed by atoms with Crippen LogP contribution < -0.4 is 32.3 Å². The molecule has 0 saturated heterocycles. The normalized spacial score (nSPS) is 9.61. The summed E-state index contributed by atoms with van der Waals surface area (Å²) in [6, 6.07) is 20.5. The number of aldehydes is 4. The number of aryl methyl sites for hydroxylation is 3. The predicted molar refractivity (Wildman–Crippen MR) is 271 cm³/mol. The zero-order valence-electron chi connectivity index (χ0n) is 42.7. The van der Waals surface area contributed by atoms with Crippen molar-refractivity contribution in [2.24, 2.45) is 5.73 Å². The van der Waals surface area contributed by atoms with E-state index < -0.39 is 0 Å². The minimum Gasteiger partial charge on any atom is -0.400 e. The molecule has 0 bridgehead atoms. The topological polar surface area (TPSA) is 282 Å². The largest absolute Gasteiger partial charge is 0.400 e. The Bertz CT molecular complexity index is 1660. The van der Waals surface area contributed by atoms with Crippen LogP contribution >= 0.6 is 0 Å². The summed E-state index contributed by atoms with van der Waals surface area (Å²) in [5, 5.41) is 27.2. The number of benzene rings is 3. The second kappa shape index (κ2) is 59.8. The van der Waals surface area contributed by atoms with Gasteiger partial charge in [-0.15, -0.1) is 0 Å². The molecule has 4 amide bonds. The highest BCUT2D eigenvalue weighted by atomic mass is 19.1. The zero-order chi connectivity index (χ0) is 54.1. The first-order valence-corrected chi connectivity index (χ1v) is 22.1. The Hall–Kier alpha value is -6.25. The van der Waals surface area contributed by atoms with Crippen LogP contribution in [0.2, 0.25) is 0 Å². The maximum Gasteiger partial charge on any atom is 0.239 e. The molecule has 0 aromatic heterocycles. The van der Waals surface area contributed by atoms with Crippen molar-refractivity contribution in [1.29, 1.82) is 0 Å². The monoisotopic (exact) mass is 979 g/mol. The number of aliphatic hydroxyl groups is 2. The van der Waals surface area contributed by atoms with Crippen molar-refractivity contribution >= 4 is 55.5 Å². The number of nitrogens with one attached hydrogen (secondary N) is 5. The Kier molecular flexibility index (Phi) is 64.4. The number of rotatable bonds is 22. The summed E-state index contributed by atoms with van der Waals surface area (Å²) in [5.41, 5.74) is 11.0. The molecule has 0 aliphatic rings. The van der Waals surface area contributed by atoms with E-state index in [0.717, 1.165) is 100 Å². The number of ether oxygens (including phenoxy) is 2. The number of carbonyl (C=O) groups excluding carboxylic acids is 8. The number of aliphatic hydroxyl groups excluding tert-OH is 2. The molecule has 0 spiro atoms. The van der Waals surface area contributed by atoms with E-state index in [9.17, 15) is 38.0 Å². The molecular formula is C50H83FN6O12. The Morgan fingerprint density at radius 1 is 0.739 bits per heavy atom. The van der Waals surface area contributed by atoms with E-state index in [4.69, 9.17) is 25.5 Å². The molecule has 0 aliphatic carbocycles. The number of unbranched alkanes of at least 4 members (excludes halogenated alkanes) is 1. The zero-order valence-corrected chi connectivity index (χ0v) is 42.7. The van der Waals surface area contributed by atoms with Crippen LogP contribution in [0.5, 0.6) is 0 Å². The quantitative estimate of drug-likeness (QED) is 0.0514. The van der Waals surface area contributed by atoms with Crippen LogP contribution in [0.4, 0.5) is 10.1 Å². The van der Waals surface area contributed by atoms with Gasteiger partial charge in [0.05, 0.1) is 19.7 Å². The molecule has 0 radical (unpaired) electrons. The van der Waals surface area contributed by atoms with Crippen LogP contribution in [0.25, 0.3) is 0 Å². The molecule has 0 fully saturated rings. The molecule has 0 aliphatic heterocycles. The van der Waals surface area contributed by atoms with Gasteiger partial charge in [-0.25, -0.2) is 4.39 Å². The molecule has 2 atom stereocenters. The van der Waals surface area contributed by atoms with Crippen molar-refractivity contribution in [2.45, 2.75) is 99.8 Å². The van der Waals surface area contributed by atoms with E-state index in [-0.39, 0.29) is 49.4 Å². The number of hydrogen-bond donors (Lipinski definition) is 8. The first kappa shape index (κ1) is 74.3. The lowest BCUT2D eigenvalue weighted by molar-refractivity contribution is -0.122. The molecule has 19 heteroatoms. The van der Waals surface area contributed by atoms with Crippen LogP contribution in [0.3, 0.4) is 0 Å². The smallest absolute Gasteiger partial charge is 0.239 e. The van der Waals surface area contributed by atoms with E-state index in [1.165, 1.54) is 31.7 Å². The van der Waals surface area contributed by atoms with Gasteiger partial charge < -0.3 is 66.4 Å². The van der Waals surface area contributed by atoms with Gasteiger partial charge in [0.15, 0.2) is 6.29 Å². The molecule has 3 aromatic rings. The average Bonchev–Trinajstić information content (AvgIpc) is 3.33. The average molecular weight is 979 g/mol. The maximum absolute atomic E-state index is 12.9. The van der Waals surface area contributed by atoms with E-state index in [1.807, 2.05) is 77.9 Å². The van der Waals surface area contributed by atoms with E-state index in [2.05, 4.69) is 43.5 Å². The van der Waals surface area contributed by atoms with Crippen LogP contribution in [0, 0.1) is 26.6 Å². The third kappa shape index (κ3) is 54.2. The van der Waals surface area contributed by atoms with Crippen molar-refractivity contribution in [3.8, 4) is 0 Å². The molecule has 9 N–H and O–H groups in total. The molecule has 3 rings (SSSR count). The number of methoxy groups -OCH3 is 1. The Balaban J connectivity index is -0.000000177. The molecule has 0 heterocycles. The lowest BCUT2D eigenvalue weighted by Crippen LogP contribution is -2.39. The number of nitrogens with two attached hydrogens (primary N) is 1. The fourth-order valence-corrected chi connectivity index (χ4v) is 4.65. The summed E-state index contributed by atoms with van der Waals surface area (Å²) in [5.74, 6) is -0.600. The highest BCUT2D eigenvalue weighted by Crippen LogP contribution is 2.15. The third-order valence-electron chi connectivity index (χ3n) is 7.85. The van der Waals surface area contributed by atoms with Crippen LogP contribution in [-0.4, -0.2) is 133 Å². The lowest BCUT2D eigenvalue weighted by atomic mass is 10.1. The second-order valence-corrected chi connectivity index (χ2v) is 13.5.